The van der Waals surface area contributed by atoms with E-state index < -0.39 is 5.97 Å². The minimum Gasteiger partial charge on any atom is -0.481 e. The van der Waals surface area contributed by atoms with E-state index in [0.29, 0.717) is 12.3 Å². The molecular weight excluding hydrogens is 260 g/mol. The van der Waals surface area contributed by atoms with Gasteiger partial charge < -0.3 is 15.3 Å². The van der Waals surface area contributed by atoms with Gasteiger partial charge in [0.15, 0.2) is 0 Å². The van der Waals surface area contributed by atoms with Gasteiger partial charge in [0, 0.05) is 20.0 Å². The first-order valence-corrected chi connectivity index (χ1v) is 7.21. The van der Waals surface area contributed by atoms with Gasteiger partial charge >= 0.3 is 5.97 Å². The first-order chi connectivity index (χ1) is 9.49. The quantitative estimate of drug-likeness (QED) is 0.730. The van der Waals surface area contributed by atoms with Crippen molar-refractivity contribution in [2.24, 2.45) is 5.92 Å². The summed E-state index contributed by atoms with van der Waals surface area (Å²) in [5, 5.41) is 11.2. The van der Waals surface area contributed by atoms with Crippen molar-refractivity contribution in [2.75, 3.05) is 20.1 Å². The van der Waals surface area contributed by atoms with Crippen molar-refractivity contribution in [2.45, 2.75) is 44.9 Å². The average molecular weight is 284 g/mol. The lowest BCUT2D eigenvalue weighted by molar-refractivity contribution is -0.138. The number of carboxylic acids is 1. The number of amides is 2. The fraction of sp³-hybridized carbons (Fsp3) is 0.786. The maximum atomic E-state index is 11.7. The van der Waals surface area contributed by atoms with E-state index in [1.807, 2.05) is 0 Å². The van der Waals surface area contributed by atoms with Crippen molar-refractivity contribution in [3.8, 4) is 0 Å². The topological polar surface area (TPSA) is 86.7 Å². The molecule has 0 atom stereocenters. The molecule has 0 aromatic heterocycles. The van der Waals surface area contributed by atoms with Gasteiger partial charge in [-0.15, -0.1) is 0 Å². The van der Waals surface area contributed by atoms with E-state index in [0.717, 1.165) is 12.8 Å². The molecule has 1 fully saturated rings. The summed E-state index contributed by atoms with van der Waals surface area (Å²) in [6, 6.07) is 0. The summed E-state index contributed by atoms with van der Waals surface area (Å²) in [5.74, 6) is -0.838. The fourth-order valence-electron chi connectivity index (χ4n) is 2.42. The number of aliphatic carboxylic acids is 1. The summed E-state index contributed by atoms with van der Waals surface area (Å²) >= 11 is 0. The number of carboxylic acid groups (broad SMARTS) is 1. The molecular formula is C14H24N2O4. The van der Waals surface area contributed by atoms with Crippen LogP contribution in [0, 0.1) is 5.92 Å². The van der Waals surface area contributed by atoms with E-state index in [4.69, 9.17) is 5.11 Å². The van der Waals surface area contributed by atoms with Crippen LogP contribution >= 0.6 is 0 Å². The van der Waals surface area contributed by atoms with Crippen LogP contribution in [0.4, 0.5) is 0 Å². The fourth-order valence-corrected chi connectivity index (χ4v) is 2.42. The van der Waals surface area contributed by atoms with Crippen molar-refractivity contribution in [3.63, 3.8) is 0 Å². The molecule has 0 aromatic carbocycles. The average Bonchev–Trinajstić information content (AvgIpc) is 2.43. The Morgan fingerprint density at radius 1 is 1.20 bits per heavy atom. The summed E-state index contributed by atoms with van der Waals surface area (Å²) in [4.78, 5) is 35.1. The largest absolute Gasteiger partial charge is 0.481 e. The number of hydrogen-bond acceptors (Lipinski definition) is 3. The molecule has 0 spiro atoms. The Labute approximate surface area is 119 Å². The first kappa shape index (κ1) is 16.5. The van der Waals surface area contributed by atoms with Crippen LogP contribution in [0.15, 0.2) is 0 Å². The Hall–Kier alpha value is -1.59. The normalized spacial score (nSPS) is 15.7. The molecule has 6 nitrogen and oxygen atoms in total. The molecule has 1 aliphatic rings. The van der Waals surface area contributed by atoms with Gasteiger partial charge in [0.05, 0.1) is 13.0 Å². The van der Waals surface area contributed by atoms with Crippen molar-refractivity contribution >= 4 is 17.8 Å². The standard InChI is InChI=1S/C14H24N2O4/c1-16(8-7-14(19)20)13(18)10-15-12(17)9-11-5-3-2-4-6-11/h11H,2-10H2,1H3,(H,15,17)(H,19,20). The molecule has 0 bridgehead atoms. The number of hydrogen-bond donors (Lipinski definition) is 2. The van der Waals surface area contributed by atoms with Crippen LogP contribution in [0.1, 0.15) is 44.9 Å². The molecule has 2 N–H and O–H groups in total. The molecule has 0 aliphatic heterocycles. The van der Waals surface area contributed by atoms with Crippen LogP contribution in [0.25, 0.3) is 0 Å². The van der Waals surface area contributed by atoms with E-state index in [1.165, 1.54) is 24.2 Å². The Morgan fingerprint density at radius 3 is 2.45 bits per heavy atom. The third kappa shape index (κ3) is 6.54. The van der Waals surface area contributed by atoms with Crippen LogP contribution in [0.2, 0.25) is 0 Å². The van der Waals surface area contributed by atoms with Crippen LogP contribution in [0.3, 0.4) is 0 Å². The van der Waals surface area contributed by atoms with E-state index >= 15 is 0 Å². The zero-order chi connectivity index (χ0) is 15.0. The van der Waals surface area contributed by atoms with Gasteiger partial charge in [0.25, 0.3) is 0 Å². The maximum Gasteiger partial charge on any atom is 0.305 e. The molecule has 2 amide bonds. The third-order valence-corrected chi connectivity index (χ3v) is 3.72. The minimum absolute atomic E-state index is 0.0539. The number of nitrogens with zero attached hydrogens (tertiary/aromatic N) is 1. The molecule has 20 heavy (non-hydrogen) atoms. The van der Waals surface area contributed by atoms with Crippen molar-refractivity contribution < 1.29 is 19.5 Å². The highest BCUT2D eigenvalue weighted by Crippen LogP contribution is 2.25. The zero-order valence-electron chi connectivity index (χ0n) is 12.1. The Balaban J connectivity index is 2.18. The monoisotopic (exact) mass is 284 g/mol. The zero-order valence-corrected chi connectivity index (χ0v) is 12.1. The molecule has 1 rings (SSSR count). The number of likely N-dealkylation sites (N-methyl/N-ethyl adjacent to an activating group) is 1. The molecule has 1 aliphatic carbocycles. The van der Waals surface area contributed by atoms with E-state index in [9.17, 15) is 14.4 Å². The lowest BCUT2D eigenvalue weighted by atomic mass is 9.87. The van der Waals surface area contributed by atoms with Gasteiger partial charge in [0.1, 0.15) is 0 Å². The van der Waals surface area contributed by atoms with E-state index in [-0.39, 0.29) is 31.3 Å². The molecule has 0 unspecified atom stereocenters. The van der Waals surface area contributed by atoms with Crippen molar-refractivity contribution in [1.82, 2.24) is 10.2 Å². The third-order valence-electron chi connectivity index (χ3n) is 3.72. The van der Waals surface area contributed by atoms with Crippen LogP contribution < -0.4 is 5.32 Å². The summed E-state index contributed by atoms with van der Waals surface area (Å²) in [7, 11) is 1.54. The number of rotatable bonds is 7. The number of carbonyl (C=O) groups excluding carboxylic acids is 2. The van der Waals surface area contributed by atoms with E-state index in [2.05, 4.69) is 5.32 Å². The van der Waals surface area contributed by atoms with Crippen LogP contribution in [0.5, 0.6) is 0 Å². The lowest BCUT2D eigenvalue weighted by Gasteiger charge is -2.21. The van der Waals surface area contributed by atoms with Gasteiger partial charge in [-0.05, 0) is 18.8 Å². The first-order valence-electron chi connectivity index (χ1n) is 7.21. The Morgan fingerprint density at radius 2 is 1.85 bits per heavy atom. The second-order valence-corrected chi connectivity index (χ2v) is 5.44. The number of nitrogens with one attached hydrogen (secondary N) is 1. The molecule has 6 heteroatoms. The lowest BCUT2D eigenvalue weighted by Crippen LogP contribution is -2.39. The van der Waals surface area contributed by atoms with Gasteiger partial charge in [-0.25, -0.2) is 0 Å². The molecule has 0 aromatic rings. The number of carbonyl (C=O) groups is 3. The van der Waals surface area contributed by atoms with Gasteiger partial charge in [-0.2, -0.15) is 0 Å². The highest BCUT2D eigenvalue weighted by molar-refractivity contribution is 5.84. The van der Waals surface area contributed by atoms with Crippen molar-refractivity contribution in [3.05, 3.63) is 0 Å². The highest BCUT2D eigenvalue weighted by Gasteiger charge is 2.18. The second-order valence-electron chi connectivity index (χ2n) is 5.44. The Kier molecular flexibility index (Phi) is 7.04. The highest BCUT2D eigenvalue weighted by atomic mass is 16.4. The van der Waals surface area contributed by atoms with Crippen LogP contribution in [-0.4, -0.2) is 47.9 Å². The van der Waals surface area contributed by atoms with Crippen LogP contribution in [-0.2, 0) is 14.4 Å². The summed E-state index contributed by atoms with van der Waals surface area (Å²) in [6.07, 6.45) is 6.23. The summed E-state index contributed by atoms with van der Waals surface area (Å²) in [5.41, 5.74) is 0. The van der Waals surface area contributed by atoms with Gasteiger partial charge in [0.2, 0.25) is 11.8 Å². The van der Waals surface area contributed by atoms with Gasteiger partial charge in [-0.3, -0.25) is 14.4 Å². The molecule has 0 heterocycles. The van der Waals surface area contributed by atoms with Gasteiger partial charge in [-0.1, -0.05) is 19.3 Å². The summed E-state index contributed by atoms with van der Waals surface area (Å²) in [6.45, 7) is 0.105. The van der Waals surface area contributed by atoms with Crippen molar-refractivity contribution in [1.29, 1.82) is 0 Å². The van der Waals surface area contributed by atoms with E-state index in [1.54, 1.807) is 7.05 Å². The smallest absolute Gasteiger partial charge is 0.305 e. The predicted molar refractivity (Wildman–Crippen MR) is 74.1 cm³/mol. The maximum absolute atomic E-state index is 11.7. The predicted octanol–water partition coefficient (Wildman–Crippen LogP) is 1.01. The summed E-state index contributed by atoms with van der Waals surface area (Å²) < 4.78 is 0. The SMILES string of the molecule is CN(CCC(=O)O)C(=O)CNC(=O)CC1CCCCC1. The molecule has 0 saturated heterocycles. The second kappa shape index (κ2) is 8.55. The molecule has 114 valence electrons. The molecule has 1 saturated carbocycles. The Bertz CT molecular complexity index is 351. The minimum atomic E-state index is -0.939. The molecule has 0 radical (unpaired) electrons.